The van der Waals surface area contributed by atoms with Crippen molar-refractivity contribution in [2.45, 2.75) is 26.0 Å². The summed E-state index contributed by atoms with van der Waals surface area (Å²) < 4.78 is 37.7. The lowest BCUT2D eigenvalue weighted by Crippen LogP contribution is -2.46. The highest BCUT2D eigenvalue weighted by molar-refractivity contribution is 6.08. The number of nitrogens with two attached hydrogens (primary N) is 1. The molecule has 0 aliphatic rings. The number of aryl methyl sites for hydroxylation is 1. The Morgan fingerprint density at radius 1 is 1.30 bits per heavy atom. The van der Waals surface area contributed by atoms with Gasteiger partial charge in [0.25, 0.3) is 12.3 Å². The number of benzene rings is 1. The zero-order chi connectivity index (χ0) is 21.8. The van der Waals surface area contributed by atoms with E-state index in [1.807, 2.05) is 19.1 Å². The third-order valence-corrected chi connectivity index (χ3v) is 4.32. The van der Waals surface area contributed by atoms with Crippen molar-refractivity contribution in [1.29, 1.82) is 0 Å². The van der Waals surface area contributed by atoms with Crippen LogP contribution < -0.4 is 15.8 Å². The molecule has 0 fully saturated rings. The number of furan rings is 1. The number of primary amides is 1. The molecule has 2 aromatic heterocycles. The van der Waals surface area contributed by atoms with Crippen LogP contribution in [0.3, 0.4) is 0 Å². The number of fused-ring (bicyclic) bond motifs is 1. The molecule has 1 atom stereocenters. The molecule has 10 heteroatoms. The molecule has 3 aromatic rings. The van der Waals surface area contributed by atoms with Crippen molar-refractivity contribution in [3.05, 3.63) is 59.1 Å². The van der Waals surface area contributed by atoms with E-state index >= 15 is 0 Å². The highest BCUT2D eigenvalue weighted by Crippen LogP contribution is 2.34. The Bertz CT molecular complexity index is 1070. The third kappa shape index (κ3) is 4.54. The van der Waals surface area contributed by atoms with Crippen molar-refractivity contribution in [2.75, 3.05) is 6.61 Å². The van der Waals surface area contributed by atoms with Crippen LogP contribution in [0.1, 0.15) is 33.8 Å². The number of ether oxygens (including phenoxy) is 1. The standard InChI is InChI=1S/C20H19F2N3O5/c1-10-2-3-11(7-24-10)9-29-12-4-5-15-13(6-12)16(17(30-15)18(21)22)20(28)25-14(8-26)19(23)27/h2-7,14,18,26H,8-9H2,1H3,(H2,23,27)(H,25,28)/t14-/m0/s1. The maximum Gasteiger partial charge on any atom is 0.296 e. The Balaban J connectivity index is 1.92. The molecule has 8 nitrogen and oxygen atoms in total. The molecule has 158 valence electrons. The molecule has 1 aromatic carbocycles. The maximum absolute atomic E-state index is 13.5. The highest BCUT2D eigenvalue weighted by Gasteiger charge is 2.29. The molecule has 3 rings (SSSR count). The zero-order valence-electron chi connectivity index (χ0n) is 15.9. The number of hydrogen-bond donors (Lipinski definition) is 3. The van der Waals surface area contributed by atoms with Gasteiger partial charge >= 0.3 is 0 Å². The van der Waals surface area contributed by atoms with E-state index in [2.05, 4.69) is 10.3 Å². The molecular formula is C20H19F2N3O5. The van der Waals surface area contributed by atoms with Gasteiger partial charge in [0, 0.05) is 22.8 Å². The Kier molecular flexibility index (Phi) is 6.26. The highest BCUT2D eigenvalue weighted by atomic mass is 19.3. The van der Waals surface area contributed by atoms with Crippen LogP contribution in [0.5, 0.6) is 5.75 Å². The van der Waals surface area contributed by atoms with Crippen molar-refractivity contribution in [2.24, 2.45) is 5.73 Å². The number of hydrogen-bond acceptors (Lipinski definition) is 6. The van der Waals surface area contributed by atoms with Crippen LogP contribution in [0.4, 0.5) is 8.78 Å². The molecule has 0 radical (unpaired) electrons. The van der Waals surface area contributed by atoms with E-state index in [4.69, 9.17) is 20.0 Å². The van der Waals surface area contributed by atoms with E-state index in [-0.39, 0.29) is 17.6 Å². The van der Waals surface area contributed by atoms with Gasteiger partial charge in [0.15, 0.2) is 5.76 Å². The van der Waals surface area contributed by atoms with Crippen LogP contribution in [0, 0.1) is 6.92 Å². The quantitative estimate of drug-likeness (QED) is 0.514. The third-order valence-electron chi connectivity index (χ3n) is 4.32. The summed E-state index contributed by atoms with van der Waals surface area (Å²) in [6.07, 6.45) is -1.43. The molecule has 0 spiro atoms. The summed E-state index contributed by atoms with van der Waals surface area (Å²) in [6, 6.07) is 6.54. The van der Waals surface area contributed by atoms with Crippen molar-refractivity contribution in [1.82, 2.24) is 10.3 Å². The SMILES string of the molecule is Cc1ccc(COc2ccc3oc(C(F)F)c(C(=O)N[C@@H](CO)C(N)=O)c3c2)cn1. The molecule has 4 N–H and O–H groups in total. The van der Waals surface area contributed by atoms with E-state index < -0.39 is 42.2 Å². The van der Waals surface area contributed by atoms with E-state index in [1.165, 1.54) is 18.2 Å². The van der Waals surface area contributed by atoms with Gasteiger partial charge in [-0.15, -0.1) is 0 Å². The molecule has 0 saturated heterocycles. The van der Waals surface area contributed by atoms with Gasteiger partial charge in [-0.2, -0.15) is 0 Å². The van der Waals surface area contributed by atoms with Gasteiger partial charge in [0.05, 0.1) is 12.2 Å². The average molecular weight is 419 g/mol. The first-order valence-electron chi connectivity index (χ1n) is 8.90. The first-order valence-corrected chi connectivity index (χ1v) is 8.90. The number of halogens is 2. The Morgan fingerprint density at radius 3 is 2.67 bits per heavy atom. The number of nitrogens with zero attached hydrogens (tertiary/aromatic N) is 1. The number of aliphatic hydroxyl groups excluding tert-OH is 1. The zero-order valence-corrected chi connectivity index (χ0v) is 15.9. The Labute approximate surface area is 169 Å². The van der Waals surface area contributed by atoms with Crippen LogP contribution >= 0.6 is 0 Å². The summed E-state index contributed by atoms with van der Waals surface area (Å²) in [6.45, 7) is 1.25. The number of aliphatic hydroxyl groups is 1. The molecule has 0 aliphatic heterocycles. The number of nitrogens with one attached hydrogen (secondary N) is 1. The van der Waals surface area contributed by atoms with Gasteiger partial charge in [0.1, 0.15) is 24.0 Å². The largest absolute Gasteiger partial charge is 0.489 e. The number of aromatic nitrogens is 1. The maximum atomic E-state index is 13.5. The van der Waals surface area contributed by atoms with Gasteiger partial charge in [-0.25, -0.2) is 8.78 Å². The number of rotatable bonds is 8. The predicted octanol–water partition coefficient (Wildman–Crippen LogP) is 2.23. The second kappa shape index (κ2) is 8.87. The van der Waals surface area contributed by atoms with Gasteiger partial charge in [-0.3, -0.25) is 14.6 Å². The van der Waals surface area contributed by atoms with Gasteiger partial charge in [-0.1, -0.05) is 6.07 Å². The number of carbonyl (C=O) groups excluding carboxylic acids is 2. The molecule has 0 unspecified atom stereocenters. The minimum absolute atomic E-state index is 0.0411. The van der Waals surface area contributed by atoms with E-state index in [0.29, 0.717) is 5.75 Å². The van der Waals surface area contributed by atoms with Crippen LogP contribution in [0.25, 0.3) is 11.0 Å². The van der Waals surface area contributed by atoms with Crippen molar-refractivity contribution in [3.63, 3.8) is 0 Å². The summed E-state index contributed by atoms with van der Waals surface area (Å²) >= 11 is 0. The predicted molar refractivity (Wildman–Crippen MR) is 102 cm³/mol. The monoisotopic (exact) mass is 419 g/mol. The molecule has 0 aliphatic carbocycles. The molecule has 2 amide bonds. The average Bonchev–Trinajstić information content (AvgIpc) is 3.10. The summed E-state index contributed by atoms with van der Waals surface area (Å²) in [5.74, 6) is -2.58. The number of alkyl halides is 2. The second-order valence-electron chi connectivity index (χ2n) is 6.51. The summed E-state index contributed by atoms with van der Waals surface area (Å²) in [5.41, 5.74) is 6.31. The smallest absolute Gasteiger partial charge is 0.296 e. The van der Waals surface area contributed by atoms with E-state index in [9.17, 15) is 18.4 Å². The fourth-order valence-corrected chi connectivity index (χ4v) is 2.76. The van der Waals surface area contributed by atoms with Crippen molar-refractivity contribution < 1.29 is 32.6 Å². The first kappa shape index (κ1) is 21.2. The van der Waals surface area contributed by atoms with Gasteiger partial charge in [-0.05, 0) is 31.2 Å². The van der Waals surface area contributed by atoms with Crippen LogP contribution in [-0.2, 0) is 11.4 Å². The van der Waals surface area contributed by atoms with Crippen molar-refractivity contribution >= 4 is 22.8 Å². The van der Waals surface area contributed by atoms with Crippen molar-refractivity contribution in [3.8, 4) is 5.75 Å². The lowest BCUT2D eigenvalue weighted by molar-refractivity contribution is -0.120. The number of amides is 2. The fraction of sp³-hybridized carbons (Fsp3) is 0.250. The van der Waals surface area contributed by atoms with Gasteiger partial charge in [0.2, 0.25) is 5.91 Å². The topological polar surface area (TPSA) is 128 Å². The second-order valence-corrected chi connectivity index (χ2v) is 6.51. The normalized spacial score (nSPS) is 12.2. The lowest BCUT2D eigenvalue weighted by Gasteiger charge is -2.12. The minimum Gasteiger partial charge on any atom is -0.489 e. The van der Waals surface area contributed by atoms with Gasteiger partial charge < -0.3 is 25.3 Å². The molecule has 30 heavy (non-hydrogen) atoms. The van der Waals surface area contributed by atoms with Crippen LogP contribution in [0.15, 0.2) is 40.9 Å². The first-order chi connectivity index (χ1) is 14.3. The molecule has 0 saturated carbocycles. The minimum atomic E-state index is -3.08. The van der Waals surface area contributed by atoms with Crippen LogP contribution in [-0.4, -0.2) is 34.6 Å². The number of pyridine rings is 1. The molecule has 2 heterocycles. The fourth-order valence-electron chi connectivity index (χ4n) is 2.76. The lowest BCUT2D eigenvalue weighted by atomic mass is 10.1. The Hall–Kier alpha value is -3.53. The van der Waals surface area contributed by atoms with E-state index in [1.54, 1.807) is 6.20 Å². The molecule has 0 bridgehead atoms. The summed E-state index contributed by atoms with van der Waals surface area (Å²) in [4.78, 5) is 28.0. The van der Waals surface area contributed by atoms with E-state index in [0.717, 1.165) is 11.3 Å². The number of carbonyl (C=O) groups is 2. The van der Waals surface area contributed by atoms with Crippen LogP contribution in [0.2, 0.25) is 0 Å². The Morgan fingerprint density at radius 2 is 2.07 bits per heavy atom. The molecular weight excluding hydrogens is 400 g/mol. The summed E-state index contributed by atoms with van der Waals surface area (Å²) in [7, 11) is 0. The summed E-state index contributed by atoms with van der Waals surface area (Å²) in [5, 5.41) is 11.4.